The van der Waals surface area contributed by atoms with Gasteiger partial charge in [-0.25, -0.2) is 0 Å². The van der Waals surface area contributed by atoms with Crippen molar-refractivity contribution >= 4 is 29.1 Å². The highest BCUT2D eigenvalue weighted by molar-refractivity contribution is 8.03. The van der Waals surface area contributed by atoms with Crippen LogP contribution in [-0.2, 0) is 0 Å². The summed E-state index contributed by atoms with van der Waals surface area (Å²) in [5.74, 6) is 0.154. The molecule has 0 aliphatic heterocycles. The minimum atomic E-state index is -4.49. The first-order chi connectivity index (χ1) is 11.4. The Labute approximate surface area is 148 Å². The van der Waals surface area contributed by atoms with E-state index in [0.29, 0.717) is 24.3 Å². The lowest BCUT2D eigenvalue weighted by atomic mass is 10.0. The van der Waals surface area contributed by atoms with Crippen LogP contribution in [0.2, 0.25) is 0 Å². The first-order valence-electron chi connectivity index (χ1n) is 7.39. The number of Topliss-reactive ketones (excluding diaryl/α,β-unsaturated/α-hetero) is 1. The van der Waals surface area contributed by atoms with Gasteiger partial charge >= 0.3 is 5.51 Å². The quantitative estimate of drug-likeness (QED) is 0.227. The number of allylic oxidation sites excluding steroid dienone is 2. The highest BCUT2D eigenvalue weighted by atomic mass is 35.5. The SMILES string of the molecule is N#C/C(CCCCCl)=C(\CCC(=O)c1ccccc1)SC(F)(F)F. The lowest BCUT2D eigenvalue weighted by molar-refractivity contribution is -0.0322. The van der Waals surface area contributed by atoms with E-state index in [1.165, 1.54) is 0 Å². The van der Waals surface area contributed by atoms with Gasteiger partial charge in [-0.3, -0.25) is 4.79 Å². The molecule has 0 aliphatic rings. The molecule has 0 saturated heterocycles. The Morgan fingerprint density at radius 1 is 1.12 bits per heavy atom. The molecule has 1 aromatic rings. The molecule has 0 aromatic heterocycles. The summed E-state index contributed by atoms with van der Waals surface area (Å²) in [5, 5.41) is 9.17. The number of unbranched alkanes of at least 4 members (excludes halogenated alkanes) is 1. The Morgan fingerprint density at radius 2 is 1.79 bits per heavy atom. The zero-order valence-electron chi connectivity index (χ0n) is 12.9. The Balaban J connectivity index is 2.85. The predicted molar refractivity (Wildman–Crippen MR) is 90.9 cm³/mol. The summed E-state index contributed by atoms with van der Waals surface area (Å²) in [6, 6.07) is 10.2. The van der Waals surface area contributed by atoms with Crippen molar-refractivity contribution in [2.45, 2.75) is 37.6 Å². The Morgan fingerprint density at radius 3 is 2.33 bits per heavy atom. The van der Waals surface area contributed by atoms with Crippen molar-refractivity contribution < 1.29 is 18.0 Å². The maximum Gasteiger partial charge on any atom is 0.446 e. The number of thioether (sulfide) groups is 1. The van der Waals surface area contributed by atoms with Crippen LogP contribution in [0.5, 0.6) is 0 Å². The van der Waals surface area contributed by atoms with E-state index in [2.05, 4.69) is 0 Å². The standard InChI is InChI=1S/C17H17ClF3NOS/c18-11-5-4-8-14(12-22)16(24-17(19,20)21)10-9-15(23)13-6-2-1-3-7-13/h1-3,6-7H,4-5,8-11H2/b16-14+. The monoisotopic (exact) mass is 375 g/mol. The molecule has 0 radical (unpaired) electrons. The lowest BCUT2D eigenvalue weighted by Crippen LogP contribution is -2.05. The molecule has 0 unspecified atom stereocenters. The van der Waals surface area contributed by atoms with Crippen LogP contribution < -0.4 is 0 Å². The summed E-state index contributed by atoms with van der Waals surface area (Å²) >= 11 is 5.26. The Bertz CT molecular complexity index is 609. The van der Waals surface area contributed by atoms with Gasteiger partial charge in [-0.1, -0.05) is 30.3 Å². The second-order valence-electron chi connectivity index (χ2n) is 5.00. The molecule has 130 valence electrons. The normalized spacial score (nSPS) is 12.5. The van der Waals surface area contributed by atoms with Crippen LogP contribution in [0.3, 0.4) is 0 Å². The zero-order valence-corrected chi connectivity index (χ0v) is 14.5. The maximum absolute atomic E-state index is 12.8. The average molecular weight is 376 g/mol. The number of hydrogen-bond acceptors (Lipinski definition) is 3. The molecular weight excluding hydrogens is 359 g/mol. The minimum absolute atomic E-state index is 0.0664. The number of benzene rings is 1. The fourth-order valence-corrected chi connectivity index (χ4v) is 3.00. The summed E-state index contributed by atoms with van der Waals surface area (Å²) in [6.45, 7) is 0. The number of carbonyl (C=O) groups excluding carboxylic acids is 1. The van der Waals surface area contributed by atoms with Crippen molar-refractivity contribution in [3.63, 3.8) is 0 Å². The van der Waals surface area contributed by atoms with Gasteiger partial charge in [0.15, 0.2) is 5.78 Å². The summed E-state index contributed by atoms with van der Waals surface area (Å²) < 4.78 is 38.3. The zero-order chi connectivity index (χ0) is 18.0. The molecule has 0 N–H and O–H groups in total. The number of rotatable bonds is 9. The first kappa shape index (κ1) is 20.6. The van der Waals surface area contributed by atoms with Crippen molar-refractivity contribution in [2.75, 3.05) is 5.88 Å². The molecule has 0 aliphatic carbocycles. The predicted octanol–water partition coefficient (Wildman–Crippen LogP) is 6.09. The molecule has 0 spiro atoms. The van der Waals surface area contributed by atoms with Crippen LogP contribution >= 0.6 is 23.4 Å². The van der Waals surface area contributed by atoms with Crippen LogP contribution in [0.25, 0.3) is 0 Å². The van der Waals surface area contributed by atoms with Gasteiger partial charge in [0.1, 0.15) is 0 Å². The highest BCUT2D eigenvalue weighted by Crippen LogP contribution is 2.40. The molecule has 0 bridgehead atoms. The fraction of sp³-hybridized carbons (Fsp3) is 0.412. The highest BCUT2D eigenvalue weighted by Gasteiger charge is 2.31. The number of ketones is 1. The molecule has 0 atom stereocenters. The number of nitriles is 1. The number of alkyl halides is 4. The fourth-order valence-electron chi connectivity index (χ4n) is 2.05. The van der Waals surface area contributed by atoms with Gasteiger partial charge in [-0.05, 0) is 37.4 Å². The molecule has 7 heteroatoms. The Kier molecular flexibility index (Phi) is 8.94. The summed E-state index contributed by atoms with van der Waals surface area (Å²) in [4.78, 5) is 12.0. The van der Waals surface area contributed by atoms with Crippen LogP contribution in [-0.4, -0.2) is 17.2 Å². The molecule has 2 nitrogen and oxygen atoms in total. The molecule has 0 heterocycles. The van der Waals surface area contributed by atoms with Gasteiger partial charge in [0.25, 0.3) is 0 Å². The van der Waals surface area contributed by atoms with E-state index >= 15 is 0 Å². The topological polar surface area (TPSA) is 40.9 Å². The van der Waals surface area contributed by atoms with Crippen molar-refractivity contribution in [2.24, 2.45) is 0 Å². The van der Waals surface area contributed by atoms with Crippen molar-refractivity contribution in [3.05, 3.63) is 46.4 Å². The van der Waals surface area contributed by atoms with E-state index in [0.717, 1.165) is 0 Å². The molecule has 1 rings (SSSR count). The molecule has 24 heavy (non-hydrogen) atoms. The van der Waals surface area contributed by atoms with E-state index in [-0.39, 0.29) is 47.3 Å². The van der Waals surface area contributed by atoms with E-state index in [1.54, 1.807) is 30.3 Å². The molecule has 0 amide bonds. The summed E-state index contributed by atoms with van der Waals surface area (Å²) in [6.07, 6.45) is 1.24. The van der Waals surface area contributed by atoms with Gasteiger partial charge in [0.2, 0.25) is 0 Å². The van der Waals surface area contributed by atoms with Gasteiger partial charge in [0, 0.05) is 28.3 Å². The van der Waals surface area contributed by atoms with Crippen LogP contribution in [0, 0.1) is 11.3 Å². The molecule has 0 fully saturated rings. The van der Waals surface area contributed by atoms with Crippen LogP contribution in [0.15, 0.2) is 40.8 Å². The van der Waals surface area contributed by atoms with Crippen molar-refractivity contribution in [1.29, 1.82) is 5.26 Å². The summed E-state index contributed by atoms with van der Waals surface area (Å²) in [5.41, 5.74) is -3.95. The van der Waals surface area contributed by atoms with E-state index < -0.39 is 5.51 Å². The van der Waals surface area contributed by atoms with E-state index in [9.17, 15) is 18.0 Å². The third-order valence-corrected chi connectivity index (χ3v) is 4.39. The lowest BCUT2D eigenvalue weighted by Gasteiger charge is -2.12. The van der Waals surface area contributed by atoms with Gasteiger partial charge in [-0.15, -0.1) is 11.6 Å². The average Bonchev–Trinajstić information content (AvgIpc) is 2.55. The van der Waals surface area contributed by atoms with Crippen LogP contribution in [0.4, 0.5) is 13.2 Å². The molecular formula is C17H17ClF3NOS. The van der Waals surface area contributed by atoms with Crippen molar-refractivity contribution in [3.8, 4) is 6.07 Å². The first-order valence-corrected chi connectivity index (χ1v) is 8.74. The number of hydrogen-bond donors (Lipinski definition) is 0. The second kappa shape index (κ2) is 10.4. The largest absolute Gasteiger partial charge is 0.446 e. The minimum Gasteiger partial charge on any atom is -0.294 e. The third-order valence-electron chi connectivity index (χ3n) is 3.20. The van der Waals surface area contributed by atoms with Crippen molar-refractivity contribution in [1.82, 2.24) is 0 Å². The number of halogens is 4. The second-order valence-corrected chi connectivity index (χ2v) is 6.53. The van der Waals surface area contributed by atoms with E-state index in [1.807, 2.05) is 6.07 Å². The van der Waals surface area contributed by atoms with Crippen LogP contribution in [0.1, 0.15) is 42.5 Å². The summed E-state index contributed by atoms with van der Waals surface area (Å²) in [7, 11) is 0. The molecule has 1 aromatic carbocycles. The molecule has 0 saturated carbocycles. The Hall–Kier alpha value is -1.45. The maximum atomic E-state index is 12.8. The number of nitrogens with zero attached hydrogens (tertiary/aromatic N) is 1. The van der Waals surface area contributed by atoms with Gasteiger partial charge in [0.05, 0.1) is 6.07 Å². The van der Waals surface area contributed by atoms with Gasteiger partial charge in [-0.2, -0.15) is 18.4 Å². The third kappa shape index (κ3) is 7.89. The number of carbonyl (C=O) groups is 1. The smallest absolute Gasteiger partial charge is 0.294 e. The van der Waals surface area contributed by atoms with Gasteiger partial charge < -0.3 is 0 Å². The van der Waals surface area contributed by atoms with E-state index in [4.69, 9.17) is 16.9 Å².